The zero-order valence-corrected chi connectivity index (χ0v) is 14.3. The van der Waals surface area contributed by atoms with Crippen LogP contribution < -0.4 is 10.1 Å². The summed E-state index contributed by atoms with van der Waals surface area (Å²) in [5.74, 6) is 1.33. The summed E-state index contributed by atoms with van der Waals surface area (Å²) in [6, 6.07) is 11.8. The maximum atomic E-state index is 6.11. The average molecular weight is 387 g/mol. The molecular formula is C16H14BrCl2NO. The van der Waals surface area contributed by atoms with Gasteiger partial charge in [-0.05, 0) is 48.7 Å². The highest BCUT2D eigenvalue weighted by Gasteiger charge is 2.20. The van der Waals surface area contributed by atoms with E-state index in [1.54, 1.807) is 18.2 Å². The van der Waals surface area contributed by atoms with Crippen LogP contribution in [0.5, 0.6) is 11.5 Å². The Morgan fingerprint density at radius 2 is 1.95 bits per heavy atom. The third kappa shape index (κ3) is 4.13. The largest absolute Gasteiger partial charge is 0.456 e. The molecule has 0 radical (unpaired) electrons. The van der Waals surface area contributed by atoms with E-state index in [-0.39, 0.29) is 0 Å². The minimum atomic E-state index is 0.498. The molecular weight excluding hydrogens is 373 g/mol. The van der Waals surface area contributed by atoms with Crippen LogP contribution in [0.4, 0.5) is 0 Å². The minimum absolute atomic E-state index is 0.498. The molecule has 1 aliphatic carbocycles. The lowest BCUT2D eigenvalue weighted by atomic mass is 10.2. The van der Waals surface area contributed by atoms with Crippen molar-refractivity contribution in [1.82, 2.24) is 5.32 Å². The monoisotopic (exact) mass is 385 g/mol. The molecule has 0 unspecified atom stereocenters. The molecule has 0 bridgehead atoms. The average Bonchev–Trinajstić information content (AvgIpc) is 3.25. The summed E-state index contributed by atoms with van der Waals surface area (Å²) < 4.78 is 6.82. The van der Waals surface area contributed by atoms with Gasteiger partial charge in [0.25, 0.3) is 0 Å². The van der Waals surface area contributed by atoms with E-state index in [4.69, 9.17) is 27.9 Å². The normalized spacial score (nSPS) is 14.2. The lowest BCUT2D eigenvalue weighted by Gasteiger charge is -2.11. The fourth-order valence-electron chi connectivity index (χ4n) is 1.96. The second-order valence-electron chi connectivity index (χ2n) is 5.09. The van der Waals surface area contributed by atoms with Crippen LogP contribution in [0.1, 0.15) is 18.4 Å². The molecule has 0 spiro atoms. The molecule has 1 fully saturated rings. The predicted octanol–water partition coefficient (Wildman–Crippen LogP) is 5.80. The van der Waals surface area contributed by atoms with Crippen LogP contribution in [0, 0.1) is 0 Å². The van der Waals surface area contributed by atoms with Crippen LogP contribution >= 0.6 is 39.1 Å². The summed E-state index contributed by atoms with van der Waals surface area (Å²) in [6.45, 7) is 0.868. The number of hydrogen-bond acceptors (Lipinski definition) is 2. The molecule has 2 nitrogen and oxygen atoms in total. The molecule has 0 saturated heterocycles. The van der Waals surface area contributed by atoms with Crippen molar-refractivity contribution in [1.29, 1.82) is 0 Å². The van der Waals surface area contributed by atoms with Crippen LogP contribution in [-0.2, 0) is 6.54 Å². The van der Waals surface area contributed by atoms with Crippen molar-refractivity contribution in [3.63, 3.8) is 0 Å². The molecule has 3 rings (SSSR count). The molecule has 21 heavy (non-hydrogen) atoms. The number of hydrogen-bond donors (Lipinski definition) is 1. The van der Waals surface area contributed by atoms with E-state index in [0.717, 1.165) is 16.8 Å². The summed E-state index contributed by atoms with van der Waals surface area (Å²) in [5, 5.41) is 4.58. The fourth-order valence-corrected chi connectivity index (χ4v) is 2.91. The van der Waals surface area contributed by atoms with E-state index in [1.807, 2.05) is 12.1 Å². The molecule has 0 amide bonds. The summed E-state index contributed by atoms with van der Waals surface area (Å²) in [6.07, 6.45) is 2.57. The van der Waals surface area contributed by atoms with Gasteiger partial charge in [0.15, 0.2) is 0 Å². The van der Waals surface area contributed by atoms with Crippen LogP contribution in [0.3, 0.4) is 0 Å². The predicted molar refractivity (Wildman–Crippen MR) is 90.5 cm³/mol. The highest BCUT2D eigenvalue weighted by molar-refractivity contribution is 9.10. The summed E-state index contributed by atoms with van der Waals surface area (Å²) in [4.78, 5) is 0. The van der Waals surface area contributed by atoms with Gasteiger partial charge in [-0.15, -0.1) is 0 Å². The maximum Gasteiger partial charge on any atom is 0.146 e. The van der Waals surface area contributed by atoms with Gasteiger partial charge in [0.2, 0.25) is 0 Å². The van der Waals surface area contributed by atoms with Crippen molar-refractivity contribution in [3.8, 4) is 11.5 Å². The third-order valence-electron chi connectivity index (χ3n) is 3.30. The van der Waals surface area contributed by atoms with E-state index in [0.29, 0.717) is 21.8 Å². The van der Waals surface area contributed by atoms with E-state index in [2.05, 4.69) is 27.3 Å². The fraction of sp³-hybridized carbons (Fsp3) is 0.250. The summed E-state index contributed by atoms with van der Waals surface area (Å²) in [7, 11) is 0. The number of halogens is 3. The third-order valence-corrected chi connectivity index (χ3v) is 4.57. The quantitative estimate of drug-likeness (QED) is 0.700. The van der Waals surface area contributed by atoms with Crippen LogP contribution in [0.2, 0.25) is 10.0 Å². The molecule has 5 heteroatoms. The Labute approximate surface area is 142 Å². The maximum absolute atomic E-state index is 6.11. The summed E-state index contributed by atoms with van der Waals surface area (Å²) in [5.41, 5.74) is 1.22. The smallest absolute Gasteiger partial charge is 0.146 e. The van der Waals surface area contributed by atoms with Gasteiger partial charge in [-0.3, -0.25) is 0 Å². The van der Waals surface area contributed by atoms with Crippen LogP contribution in [0.25, 0.3) is 0 Å². The molecule has 0 aromatic heterocycles. The Morgan fingerprint density at radius 3 is 2.62 bits per heavy atom. The Kier molecular flexibility index (Phi) is 4.75. The highest BCUT2D eigenvalue weighted by Crippen LogP contribution is 2.33. The van der Waals surface area contributed by atoms with Gasteiger partial charge in [0.05, 0.1) is 5.02 Å². The van der Waals surface area contributed by atoms with Crippen molar-refractivity contribution in [2.75, 3.05) is 0 Å². The number of benzene rings is 2. The number of rotatable bonds is 5. The lowest BCUT2D eigenvalue weighted by molar-refractivity contribution is 0.482. The summed E-state index contributed by atoms with van der Waals surface area (Å²) >= 11 is 15.6. The molecule has 1 N–H and O–H groups in total. The molecule has 110 valence electrons. The van der Waals surface area contributed by atoms with Crippen LogP contribution in [-0.4, -0.2) is 6.04 Å². The van der Waals surface area contributed by atoms with Gasteiger partial charge in [-0.2, -0.15) is 0 Å². The Morgan fingerprint density at radius 1 is 1.14 bits per heavy atom. The Bertz CT molecular complexity index is 659. The molecule has 1 aliphatic rings. The van der Waals surface area contributed by atoms with Crippen LogP contribution in [0.15, 0.2) is 40.9 Å². The number of ether oxygens (including phenoxy) is 1. The molecule has 0 heterocycles. The molecule has 0 aliphatic heterocycles. The van der Waals surface area contributed by atoms with Gasteiger partial charge in [-0.1, -0.05) is 45.2 Å². The van der Waals surface area contributed by atoms with Crippen molar-refractivity contribution >= 4 is 39.1 Å². The Balaban J connectivity index is 1.71. The Hall–Kier alpha value is -0.740. The molecule has 2 aromatic carbocycles. The first-order valence-corrected chi connectivity index (χ1v) is 8.31. The van der Waals surface area contributed by atoms with Gasteiger partial charge in [0.1, 0.15) is 11.5 Å². The molecule has 0 atom stereocenters. The highest BCUT2D eigenvalue weighted by atomic mass is 79.9. The standard InChI is InChI=1S/C16H14BrCl2NO/c17-14-8-13(5-1-10(14)9-20-12-3-4-12)21-16-6-2-11(18)7-15(16)19/h1-2,5-8,12,20H,3-4,9H2. The van der Waals surface area contributed by atoms with Crippen molar-refractivity contribution in [2.24, 2.45) is 0 Å². The minimum Gasteiger partial charge on any atom is -0.456 e. The first-order chi connectivity index (χ1) is 10.1. The van der Waals surface area contributed by atoms with Gasteiger partial charge in [-0.25, -0.2) is 0 Å². The van der Waals surface area contributed by atoms with Crippen molar-refractivity contribution in [3.05, 3.63) is 56.5 Å². The molecule has 1 saturated carbocycles. The second kappa shape index (κ2) is 6.57. The first kappa shape index (κ1) is 15.2. The zero-order valence-electron chi connectivity index (χ0n) is 11.2. The van der Waals surface area contributed by atoms with E-state index >= 15 is 0 Å². The van der Waals surface area contributed by atoms with Gasteiger partial charge >= 0.3 is 0 Å². The topological polar surface area (TPSA) is 21.3 Å². The first-order valence-electron chi connectivity index (χ1n) is 6.76. The van der Waals surface area contributed by atoms with E-state index in [1.165, 1.54) is 18.4 Å². The SMILES string of the molecule is Clc1ccc(Oc2ccc(CNC3CC3)c(Br)c2)c(Cl)c1. The lowest BCUT2D eigenvalue weighted by Crippen LogP contribution is -2.15. The van der Waals surface area contributed by atoms with E-state index in [9.17, 15) is 0 Å². The van der Waals surface area contributed by atoms with Gasteiger partial charge in [0, 0.05) is 22.1 Å². The van der Waals surface area contributed by atoms with Crippen molar-refractivity contribution < 1.29 is 4.74 Å². The van der Waals surface area contributed by atoms with Gasteiger partial charge < -0.3 is 10.1 Å². The second-order valence-corrected chi connectivity index (χ2v) is 6.78. The number of nitrogens with one attached hydrogen (secondary N) is 1. The molecule has 2 aromatic rings. The van der Waals surface area contributed by atoms with E-state index < -0.39 is 0 Å². The van der Waals surface area contributed by atoms with Crippen molar-refractivity contribution in [2.45, 2.75) is 25.4 Å². The zero-order chi connectivity index (χ0) is 14.8.